The van der Waals surface area contributed by atoms with Crippen molar-refractivity contribution in [3.8, 4) is 0 Å². The number of nitrogens with one attached hydrogen (secondary N) is 3. The van der Waals surface area contributed by atoms with Gasteiger partial charge in [-0.2, -0.15) is 0 Å². The Kier molecular flexibility index (Phi) is 1.30. The highest BCUT2D eigenvalue weighted by Gasteiger charge is 2.15. The van der Waals surface area contributed by atoms with Crippen LogP contribution in [0, 0.1) is 0 Å². The molecule has 0 saturated heterocycles. The fourth-order valence-electron chi connectivity index (χ4n) is 1.13. The molecule has 4 heteroatoms. The zero-order chi connectivity index (χ0) is 6.81. The Morgan fingerprint density at radius 1 is 1.00 bits per heavy atom. The topological polar surface area (TPSA) is 45.3 Å². The van der Waals surface area contributed by atoms with Gasteiger partial charge < -0.3 is 20.7 Å². The summed E-state index contributed by atoms with van der Waals surface area (Å²) >= 11 is 0. The molecule has 0 amide bonds. The number of rotatable bonds is 0. The molecule has 10 heavy (non-hydrogen) atoms. The second-order valence-electron chi connectivity index (χ2n) is 2.33. The van der Waals surface area contributed by atoms with Gasteiger partial charge in [0.2, 0.25) is 5.88 Å². The van der Waals surface area contributed by atoms with Crippen LogP contribution in [0.25, 0.3) is 0 Å². The van der Waals surface area contributed by atoms with E-state index in [9.17, 15) is 0 Å². The molecule has 0 radical (unpaired) electrons. The molecule has 2 aliphatic rings. The monoisotopic (exact) mass is 141 g/mol. The molecule has 0 aromatic carbocycles. The summed E-state index contributed by atoms with van der Waals surface area (Å²) in [6.45, 7) is 3.57. The van der Waals surface area contributed by atoms with Gasteiger partial charge in [0, 0.05) is 13.1 Å². The van der Waals surface area contributed by atoms with Gasteiger partial charge >= 0.3 is 0 Å². The van der Waals surface area contributed by atoms with Crippen LogP contribution in [0.15, 0.2) is 11.7 Å². The van der Waals surface area contributed by atoms with Crippen molar-refractivity contribution in [1.29, 1.82) is 0 Å². The van der Waals surface area contributed by atoms with Gasteiger partial charge in [-0.25, -0.2) is 0 Å². The lowest BCUT2D eigenvalue weighted by Gasteiger charge is -2.27. The molecule has 0 aliphatic carbocycles. The molecule has 0 saturated carbocycles. The zero-order valence-corrected chi connectivity index (χ0v) is 5.74. The van der Waals surface area contributed by atoms with E-state index in [4.69, 9.17) is 4.74 Å². The van der Waals surface area contributed by atoms with Crippen molar-refractivity contribution in [3.63, 3.8) is 0 Å². The summed E-state index contributed by atoms with van der Waals surface area (Å²) < 4.78 is 5.33. The summed E-state index contributed by atoms with van der Waals surface area (Å²) in [6.07, 6.45) is 0. The van der Waals surface area contributed by atoms with E-state index < -0.39 is 0 Å². The first kappa shape index (κ1) is 5.70. The van der Waals surface area contributed by atoms with Crippen LogP contribution in [-0.4, -0.2) is 26.2 Å². The van der Waals surface area contributed by atoms with Crippen molar-refractivity contribution in [3.05, 3.63) is 11.7 Å². The van der Waals surface area contributed by atoms with E-state index in [0.717, 1.165) is 37.9 Å². The van der Waals surface area contributed by atoms with Gasteiger partial charge in [-0.1, -0.05) is 0 Å². The van der Waals surface area contributed by atoms with Gasteiger partial charge in [0.15, 0.2) is 5.82 Å². The van der Waals surface area contributed by atoms with Gasteiger partial charge in [-0.3, -0.25) is 0 Å². The molecular weight excluding hydrogens is 130 g/mol. The SMILES string of the molecule is C1CNC2=C(N1)NCCO2. The van der Waals surface area contributed by atoms with Crippen LogP contribution in [0.3, 0.4) is 0 Å². The van der Waals surface area contributed by atoms with Crippen molar-refractivity contribution < 1.29 is 4.74 Å². The van der Waals surface area contributed by atoms with Gasteiger partial charge in [-0.15, -0.1) is 0 Å². The Labute approximate surface area is 59.6 Å². The molecule has 0 aromatic heterocycles. The molecule has 0 atom stereocenters. The summed E-state index contributed by atoms with van der Waals surface area (Å²) in [5.41, 5.74) is 0. The van der Waals surface area contributed by atoms with E-state index >= 15 is 0 Å². The summed E-state index contributed by atoms with van der Waals surface area (Å²) in [5.74, 6) is 1.88. The van der Waals surface area contributed by atoms with E-state index in [1.54, 1.807) is 0 Å². The van der Waals surface area contributed by atoms with E-state index in [0.29, 0.717) is 0 Å². The summed E-state index contributed by atoms with van der Waals surface area (Å²) in [4.78, 5) is 0. The molecule has 56 valence electrons. The van der Waals surface area contributed by atoms with Crippen molar-refractivity contribution in [2.75, 3.05) is 26.2 Å². The lowest BCUT2D eigenvalue weighted by Crippen LogP contribution is -2.45. The Bertz CT molecular complexity index is 132. The summed E-state index contributed by atoms with van der Waals surface area (Å²) in [7, 11) is 0. The molecule has 2 heterocycles. The second kappa shape index (κ2) is 2.28. The molecule has 0 unspecified atom stereocenters. The molecule has 0 spiro atoms. The largest absolute Gasteiger partial charge is 0.475 e. The zero-order valence-electron chi connectivity index (χ0n) is 5.74. The first-order valence-corrected chi connectivity index (χ1v) is 3.55. The van der Waals surface area contributed by atoms with Gasteiger partial charge in [0.05, 0.1) is 6.54 Å². The Morgan fingerprint density at radius 3 is 2.70 bits per heavy atom. The average molecular weight is 141 g/mol. The van der Waals surface area contributed by atoms with E-state index in [1.807, 2.05) is 0 Å². The maximum atomic E-state index is 5.33. The van der Waals surface area contributed by atoms with Gasteiger partial charge in [-0.05, 0) is 0 Å². The van der Waals surface area contributed by atoms with Crippen LogP contribution < -0.4 is 16.0 Å². The quantitative estimate of drug-likeness (QED) is 0.402. The van der Waals surface area contributed by atoms with Crippen LogP contribution in [0.2, 0.25) is 0 Å². The minimum atomic E-state index is 0.757. The third-order valence-corrected chi connectivity index (χ3v) is 1.59. The standard InChI is InChI=1S/C6H11N3O/c1-2-9-6-5(7-1)8-3-4-10-6/h7-9H,1-4H2. The second-order valence-corrected chi connectivity index (χ2v) is 2.33. The Morgan fingerprint density at radius 2 is 1.80 bits per heavy atom. The van der Waals surface area contributed by atoms with Gasteiger partial charge in [0.25, 0.3) is 0 Å². The van der Waals surface area contributed by atoms with E-state index in [2.05, 4.69) is 16.0 Å². The lowest BCUT2D eigenvalue weighted by atomic mass is 10.4. The molecule has 0 aromatic rings. The van der Waals surface area contributed by atoms with Crippen LogP contribution >= 0.6 is 0 Å². The Balaban J connectivity index is 2.14. The van der Waals surface area contributed by atoms with Crippen molar-refractivity contribution in [1.82, 2.24) is 16.0 Å². The molecular formula is C6H11N3O. The molecule has 3 N–H and O–H groups in total. The third kappa shape index (κ3) is 0.853. The minimum Gasteiger partial charge on any atom is -0.475 e. The molecule has 0 fully saturated rings. The van der Waals surface area contributed by atoms with Crippen molar-refractivity contribution in [2.24, 2.45) is 0 Å². The smallest absolute Gasteiger partial charge is 0.228 e. The minimum absolute atomic E-state index is 0.757. The Hall–Kier alpha value is -1.06. The number of hydrogen-bond donors (Lipinski definition) is 3. The van der Waals surface area contributed by atoms with Gasteiger partial charge in [0.1, 0.15) is 6.61 Å². The normalized spacial score (nSPS) is 23.2. The summed E-state index contributed by atoms with van der Waals surface area (Å²) in [6, 6.07) is 0. The third-order valence-electron chi connectivity index (χ3n) is 1.59. The highest BCUT2D eigenvalue weighted by molar-refractivity contribution is 5.08. The summed E-state index contributed by atoms with van der Waals surface area (Å²) in [5, 5.41) is 9.56. The van der Waals surface area contributed by atoms with Crippen LogP contribution in [0.4, 0.5) is 0 Å². The maximum absolute atomic E-state index is 5.33. The lowest BCUT2D eigenvalue weighted by molar-refractivity contribution is 0.158. The maximum Gasteiger partial charge on any atom is 0.228 e. The molecule has 4 nitrogen and oxygen atoms in total. The molecule has 2 rings (SSSR count). The highest BCUT2D eigenvalue weighted by atomic mass is 16.5. The van der Waals surface area contributed by atoms with Crippen LogP contribution in [-0.2, 0) is 4.74 Å². The van der Waals surface area contributed by atoms with Crippen molar-refractivity contribution in [2.45, 2.75) is 0 Å². The average Bonchev–Trinajstić information content (AvgIpc) is 2.05. The fraction of sp³-hybridized carbons (Fsp3) is 0.667. The van der Waals surface area contributed by atoms with Crippen molar-refractivity contribution >= 4 is 0 Å². The van der Waals surface area contributed by atoms with Crippen LogP contribution in [0.5, 0.6) is 0 Å². The fourth-order valence-corrected chi connectivity index (χ4v) is 1.13. The predicted molar refractivity (Wildman–Crippen MR) is 37.0 cm³/mol. The number of hydrogen-bond acceptors (Lipinski definition) is 4. The van der Waals surface area contributed by atoms with Crippen LogP contribution in [0.1, 0.15) is 0 Å². The van der Waals surface area contributed by atoms with E-state index in [1.165, 1.54) is 0 Å². The molecule has 0 bridgehead atoms. The predicted octanol–water partition coefficient (Wildman–Crippen LogP) is -1.07. The molecule has 2 aliphatic heterocycles. The highest BCUT2D eigenvalue weighted by Crippen LogP contribution is 2.03. The number of ether oxygens (including phenoxy) is 1. The first-order chi connectivity index (χ1) is 4.97. The first-order valence-electron chi connectivity index (χ1n) is 3.55. The van der Waals surface area contributed by atoms with E-state index in [-0.39, 0.29) is 0 Å².